The molecule has 0 aliphatic carbocycles. The van der Waals surface area contributed by atoms with Crippen molar-refractivity contribution in [3.05, 3.63) is 35.4 Å². The monoisotopic (exact) mass is 309 g/mol. The second-order valence-electron chi connectivity index (χ2n) is 4.40. The average Bonchev–Trinajstić information content (AvgIpc) is 2.50. The summed E-state index contributed by atoms with van der Waals surface area (Å²) in [5.41, 5.74) is 4.71. The largest absolute Gasteiger partial charge is 0.480 e. The lowest BCUT2D eigenvalue weighted by Crippen LogP contribution is -2.44. The van der Waals surface area contributed by atoms with Gasteiger partial charge in [-0.3, -0.25) is 14.4 Å². The summed E-state index contributed by atoms with van der Waals surface area (Å²) >= 11 is 0. The third-order valence-corrected chi connectivity index (χ3v) is 2.86. The smallest absolute Gasteiger partial charge is 0.336 e. The van der Waals surface area contributed by atoms with Crippen LogP contribution in [0.15, 0.2) is 24.3 Å². The molecule has 0 aliphatic rings. The van der Waals surface area contributed by atoms with E-state index in [1.165, 1.54) is 24.3 Å². The minimum Gasteiger partial charge on any atom is -0.480 e. The topological polar surface area (TPSA) is 164 Å². The quantitative estimate of drug-likeness (QED) is 0.308. The molecular weight excluding hydrogens is 294 g/mol. The van der Waals surface area contributed by atoms with Crippen molar-refractivity contribution in [1.82, 2.24) is 5.01 Å². The fraction of sp³-hybridized carbons (Fsp3) is 0.231. The second kappa shape index (κ2) is 7.29. The maximum Gasteiger partial charge on any atom is 0.336 e. The number of carbonyl (C=O) groups excluding carboxylic acids is 2. The van der Waals surface area contributed by atoms with Crippen LogP contribution in [0, 0.1) is 0 Å². The Morgan fingerprint density at radius 2 is 1.64 bits per heavy atom. The number of benzene rings is 1. The minimum atomic E-state index is -1.34. The molecule has 0 bridgehead atoms. The molecule has 0 aromatic heterocycles. The number of aromatic carboxylic acids is 1. The summed E-state index contributed by atoms with van der Waals surface area (Å²) in [7, 11) is 0. The molecule has 0 spiro atoms. The van der Waals surface area contributed by atoms with Crippen molar-refractivity contribution in [1.29, 1.82) is 0 Å². The molecule has 1 aromatic rings. The molecule has 118 valence electrons. The molecule has 0 fully saturated rings. The predicted octanol–water partition coefficient (Wildman–Crippen LogP) is -0.581. The van der Waals surface area contributed by atoms with Crippen LogP contribution in [0.1, 0.15) is 33.6 Å². The van der Waals surface area contributed by atoms with Crippen LogP contribution in [0.5, 0.6) is 0 Å². The maximum absolute atomic E-state index is 12.1. The van der Waals surface area contributed by atoms with Crippen LogP contribution in [0.2, 0.25) is 0 Å². The van der Waals surface area contributed by atoms with Gasteiger partial charge in [0.25, 0.3) is 5.91 Å². The first-order chi connectivity index (χ1) is 10.3. The van der Waals surface area contributed by atoms with Crippen LogP contribution in [0.25, 0.3) is 0 Å². The molecule has 0 radical (unpaired) electrons. The number of aliphatic carboxylic acids is 1. The van der Waals surface area contributed by atoms with Crippen LogP contribution in [-0.2, 0) is 9.59 Å². The van der Waals surface area contributed by atoms with Crippen molar-refractivity contribution in [3.63, 3.8) is 0 Å². The zero-order valence-electron chi connectivity index (χ0n) is 11.4. The van der Waals surface area contributed by atoms with Crippen LogP contribution in [0.4, 0.5) is 0 Å². The summed E-state index contributed by atoms with van der Waals surface area (Å²) in [6.07, 6.45) is -0.555. The lowest BCUT2D eigenvalue weighted by Gasteiger charge is -2.16. The summed E-state index contributed by atoms with van der Waals surface area (Å²) in [6, 6.07) is 4.03. The third-order valence-electron chi connectivity index (χ3n) is 2.86. The number of hydrogen-bond acceptors (Lipinski definition) is 6. The fourth-order valence-electron chi connectivity index (χ4n) is 1.62. The van der Waals surface area contributed by atoms with Crippen LogP contribution >= 0.6 is 0 Å². The molecule has 0 heterocycles. The summed E-state index contributed by atoms with van der Waals surface area (Å²) in [5.74, 6) is 0.910. The first-order valence-corrected chi connectivity index (χ1v) is 6.18. The number of imide groups is 1. The van der Waals surface area contributed by atoms with E-state index in [-0.39, 0.29) is 29.0 Å². The SMILES string of the molecule is N[C@@H](CCC(=O)N(N)C(=O)c1ccccc1C(=O)O)C(=O)O. The Bertz CT molecular complexity index is 616. The molecule has 1 aromatic carbocycles. The predicted molar refractivity (Wildman–Crippen MR) is 73.6 cm³/mol. The van der Waals surface area contributed by atoms with Crippen molar-refractivity contribution in [2.24, 2.45) is 11.6 Å². The van der Waals surface area contributed by atoms with Gasteiger partial charge in [-0.1, -0.05) is 12.1 Å². The highest BCUT2D eigenvalue weighted by atomic mass is 16.4. The van der Waals surface area contributed by atoms with Gasteiger partial charge in [0.2, 0.25) is 5.91 Å². The third kappa shape index (κ3) is 4.11. The number of amides is 2. The highest BCUT2D eigenvalue weighted by Crippen LogP contribution is 2.11. The summed E-state index contributed by atoms with van der Waals surface area (Å²) in [4.78, 5) is 45.4. The van der Waals surface area contributed by atoms with Crippen molar-refractivity contribution in [2.75, 3.05) is 0 Å². The zero-order valence-corrected chi connectivity index (χ0v) is 11.4. The molecule has 1 atom stereocenters. The molecule has 0 saturated heterocycles. The number of carboxylic acids is 2. The molecule has 9 heteroatoms. The van der Waals surface area contributed by atoms with E-state index in [4.69, 9.17) is 21.8 Å². The van der Waals surface area contributed by atoms with Gasteiger partial charge in [-0.15, -0.1) is 0 Å². The van der Waals surface area contributed by atoms with Gasteiger partial charge in [-0.25, -0.2) is 15.6 Å². The Morgan fingerprint density at radius 3 is 2.14 bits per heavy atom. The van der Waals surface area contributed by atoms with Gasteiger partial charge >= 0.3 is 11.9 Å². The van der Waals surface area contributed by atoms with E-state index in [9.17, 15) is 19.2 Å². The normalized spacial score (nSPS) is 11.5. The van der Waals surface area contributed by atoms with Gasteiger partial charge in [0.15, 0.2) is 0 Å². The molecule has 22 heavy (non-hydrogen) atoms. The average molecular weight is 309 g/mol. The fourth-order valence-corrected chi connectivity index (χ4v) is 1.62. The van der Waals surface area contributed by atoms with Crippen molar-refractivity contribution in [2.45, 2.75) is 18.9 Å². The molecule has 0 unspecified atom stereocenters. The van der Waals surface area contributed by atoms with Crippen molar-refractivity contribution >= 4 is 23.8 Å². The molecule has 6 N–H and O–H groups in total. The van der Waals surface area contributed by atoms with Gasteiger partial charge in [0, 0.05) is 6.42 Å². The first kappa shape index (κ1) is 17.3. The summed E-state index contributed by atoms with van der Waals surface area (Å²) in [5, 5.41) is 17.9. The van der Waals surface area contributed by atoms with Crippen LogP contribution in [0.3, 0.4) is 0 Å². The number of rotatable bonds is 6. The first-order valence-electron chi connectivity index (χ1n) is 6.18. The highest BCUT2D eigenvalue weighted by molar-refractivity contribution is 6.09. The van der Waals surface area contributed by atoms with Crippen molar-refractivity contribution < 1.29 is 29.4 Å². The number of hydrogen-bond donors (Lipinski definition) is 4. The summed E-state index contributed by atoms with van der Waals surface area (Å²) in [6.45, 7) is 0. The molecule has 1 rings (SSSR count). The lowest BCUT2D eigenvalue weighted by atomic mass is 10.1. The van der Waals surface area contributed by atoms with Gasteiger partial charge in [-0.05, 0) is 18.6 Å². The molecule has 2 amide bonds. The van der Waals surface area contributed by atoms with Crippen LogP contribution in [-0.4, -0.2) is 45.0 Å². The number of carbonyl (C=O) groups is 4. The Hall–Kier alpha value is -2.78. The van der Waals surface area contributed by atoms with E-state index in [0.717, 1.165) is 0 Å². The van der Waals surface area contributed by atoms with Crippen LogP contribution < -0.4 is 11.6 Å². The number of carboxylic acid groups (broad SMARTS) is 2. The van der Waals surface area contributed by atoms with E-state index >= 15 is 0 Å². The maximum atomic E-state index is 12.1. The Morgan fingerprint density at radius 1 is 1.09 bits per heavy atom. The van der Waals surface area contributed by atoms with Gasteiger partial charge in [-0.2, -0.15) is 0 Å². The number of nitrogens with zero attached hydrogens (tertiary/aromatic N) is 1. The Balaban J connectivity index is 2.83. The molecule has 0 saturated carbocycles. The zero-order chi connectivity index (χ0) is 16.9. The van der Waals surface area contributed by atoms with Crippen molar-refractivity contribution in [3.8, 4) is 0 Å². The van der Waals surface area contributed by atoms with E-state index < -0.39 is 29.8 Å². The van der Waals surface area contributed by atoms with E-state index in [0.29, 0.717) is 0 Å². The van der Waals surface area contributed by atoms with Gasteiger partial charge in [0.05, 0.1) is 11.1 Å². The van der Waals surface area contributed by atoms with E-state index in [1.54, 1.807) is 0 Å². The number of hydrazine groups is 1. The Kier molecular flexibility index (Phi) is 5.72. The van der Waals surface area contributed by atoms with Gasteiger partial charge < -0.3 is 15.9 Å². The Labute approximate surface area is 125 Å². The molecule has 0 aliphatic heterocycles. The summed E-state index contributed by atoms with van der Waals surface area (Å²) < 4.78 is 0. The van der Waals surface area contributed by atoms with E-state index in [2.05, 4.69) is 0 Å². The number of nitrogens with two attached hydrogens (primary N) is 2. The second-order valence-corrected chi connectivity index (χ2v) is 4.40. The molecule has 9 nitrogen and oxygen atoms in total. The lowest BCUT2D eigenvalue weighted by molar-refractivity contribution is -0.138. The molecular formula is C13H15N3O6. The van der Waals surface area contributed by atoms with Gasteiger partial charge in [0.1, 0.15) is 6.04 Å². The highest BCUT2D eigenvalue weighted by Gasteiger charge is 2.24. The standard InChI is InChI=1S/C13H15N3O6/c14-9(13(21)22)5-6-10(17)16(15)11(18)7-3-1-2-4-8(7)12(19)20/h1-4,9H,5-6,14-15H2,(H,19,20)(H,21,22)/t9-/m0/s1. The van der Waals surface area contributed by atoms with E-state index in [1.807, 2.05) is 0 Å². The minimum absolute atomic E-state index is 0.199.